The van der Waals surface area contributed by atoms with Crippen molar-refractivity contribution >= 4 is 33.4 Å². The van der Waals surface area contributed by atoms with Gasteiger partial charge in [-0.2, -0.15) is 5.10 Å². The van der Waals surface area contributed by atoms with Gasteiger partial charge in [-0.05, 0) is 21.8 Å². The van der Waals surface area contributed by atoms with Gasteiger partial charge in [0.25, 0.3) is 5.56 Å². The molecule has 1 N–H and O–H groups in total. The average Bonchev–Trinajstić information content (AvgIpc) is 2.37. The molecule has 19 heavy (non-hydrogen) atoms. The predicted molar refractivity (Wildman–Crippen MR) is 85.7 cm³/mol. The van der Waals surface area contributed by atoms with Crippen LogP contribution in [-0.2, 0) is 6.54 Å². The number of aromatic nitrogens is 2. The average molecular weight is 344 g/mol. The fraction of sp³-hybridized carbons (Fsp3) is 0.538. The van der Waals surface area contributed by atoms with Gasteiger partial charge in [-0.25, -0.2) is 4.68 Å². The summed E-state index contributed by atoms with van der Waals surface area (Å²) in [6.45, 7) is 5.48. The smallest absolute Gasteiger partial charge is 0.283 e. The summed E-state index contributed by atoms with van der Waals surface area (Å²) in [7, 11) is 0. The van der Waals surface area contributed by atoms with E-state index >= 15 is 0 Å². The van der Waals surface area contributed by atoms with Crippen molar-refractivity contribution in [3.63, 3.8) is 0 Å². The lowest BCUT2D eigenvalue weighted by Crippen LogP contribution is -2.26. The van der Waals surface area contributed by atoms with Crippen molar-refractivity contribution in [1.82, 2.24) is 9.78 Å². The summed E-state index contributed by atoms with van der Waals surface area (Å²) in [4.78, 5) is 12.0. The summed E-state index contributed by atoms with van der Waals surface area (Å²) in [5.74, 6) is 4.56. The summed E-state index contributed by atoms with van der Waals surface area (Å²) in [5, 5.41) is 7.35. The first kappa shape index (κ1) is 16.1. The molecule has 0 fully saturated rings. The molecule has 1 aromatic rings. The highest BCUT2D eigenvalue weighted by Crippen LogP contribution is 2.16. The number of nitrogens with zero attached hydrogens (tertiary/aromatic N) is 2. The number of halogens is 1. The number of rotatable bonds is 7. The van der Waals surface area contributed by atoms with Crippen molar-refractivity contribution in [1.29, 1.82) is 0 Å². The molecular formula is C13H18BrN3OS. The van der Waals surface area contributed by atoms with E-state index in [0.717, 1.165) is 18.0 Å². The molecule has 0 aliphatic carbocycles. The first-order chi connectivity index (χ1) is 9.06. The van der Waals surface area contributed by atoms with Crippen LogP contribution in [0.1, 0.15) is 13.8 Å². The van der Waals surface area contributed by atoms with Crippen molar-refractivity contribution < 1.29 is 0 Å². The van der Waals surface area contributed by atoms with Crippen LogP contribution in [0.5, 0.6) is 0 Å². The van der Waals surface area contributed by atoms with E-state index in [1.54, 1.807) is 18.0 Å². The second-order valence-electron chi connectivity index (χ2n) is 4.44. The third-order valence-electron chi connectivity index (χ3n) is 2.27. The second-order valence-corrected chi connectivity index (χ2v) is 6.33. The minimum Gasteiger partial charge on any atom is -0.382 e. The van der Waals surface area contributed by atoms with Gasteiger partial charge in [0.15, 0.2) is 0 Å². The van der Waals surface area contributed by atoms with Crippen LogP contribution in [0.25, 0.3) is 0 Å². The van der Waals surface area contributed by atoms with Crippen LogP contribution in [0.2, 0.25) is 0 Å². The highest BCUT2D eigenvalue weighted by atomic mass is 79.9. The molecule has 0 amide bonds. The van der Waals surface area contributed by atoms with E-state index in [0.29, 0.717) is 22.7 Å². The highest BCUT2D eigenvalue weighted by Gasteiger charge is 2.09. The number of hydrogen-bond acceptors (Lipinski definition) is 4. The molecule has 4 nitrogen and oxygen atoms in total. The molecule has 0 saturated heterocycles. The van der Waals surface area contributed by atoms with Crippen LogP contribution in [0.3, 0.4) is 0 Å². The van der Waals surface area contributed by atoms with Gasteiger partial charge in [-0.1, -0.05) is 19.8 Å². The van der Waals surface area contributed by atoms with Gasteiger partial charge in [-0.3, -0.25) is 4.79 Å². The summed E-state index contributed by atoms with van der Waals surface area (Å²) in [6, 6.07) is 0. The lowest BCUT2D eigenvalue weighted by atomic mass is 10.2. The molecule has 0 spiro atoms. The normalized spacial score (nSPS) is 10.5. The zero-order valence-electron chi connectivity index (χ0n) is 11.1. The Morgan fingerprint density at radius 1 is 1.63 bits per heavy atom. The summed E-state index contributed by atoms with van der Waals surface area (Å²) >= 11 is 5.01. The van der Waals surface area contributed by atoms with Gasteiger partial charge >= 0.3 is 0 Å². The van der Waals surface area contributed by atoms with Crippen molar-refractivity contribution in [3.8, 4) is 12.3 Å². The summed E-state index contributed by atoms with van der Waals surface area (Å²) in [6.07, 6.45) is 6.85. The van der Waals surface area contributed by atoms with Gasteiger partial charge in [-0.15, -0.1) is 18.2 Å². The second kappa shape index (κ2) is 8.28. The first-order valence-electron chi connectivity index (χ1n) is 6.07. The van der Waals surface area contributed by atoms with E-state index < -0.39 is 0 Å². The molecule has 6 heteroatoms. The minimum atomic E-state index is -0.102. The van der Waals surface area contributed by atoms with Crippen LogP contribution in [0.4, 0.5) is 5.69 Å². The van der Waals surface area contributed by atoms with Gasteiger partial charge < -0.3 is 5.32 Å². The van der Waals surface area contributed by atoms with Gasteiger partial charge in [0.05, 0.1) is 17.6 Å². The molecule has 1 aromatic heterocycles. The molecule has 0 saturated carbocycles. The molecule has 1 rings (SSSR count). The van der Waals surface area contributed by atoms with Crippen molar-refractivity contribution in [2.75, 3.05) is 23.4 Å². The van der Waals surface area contributed by atoms with Crippen LogP contribution in [-0.4, -0.2) is 27.8 Å². The van der Waals surface area contributed by atoms with Crippen LogP contribution < -0.4 is 10.9 Å². The van der Waals surface area contributed by atoms with Crippen molar-refractivity contribution in [3.05, 3.63) is 21.0 Å². The minimum absolute atomic E-state index is 0.102. The molecule has 0 unspecified atom stereocenters. The number of hydrogen-bond donors (Lipinski definition) is 1. The third kappa shape index (κ3) is 5.29. The van der Waals surface area contributed by atoms with E-state index in [-0.39, 0.29) is 5.56 Å². The van der Waals surface area contributed by atoms with Crippen molar-refractivity contribution in [2.24, 2.45) is 5.92 Å². The number of nitrogens with one attached hydrogen (secondary N) is 1. The monoisotopic (exact) mass is 343 g/mol. The van der Waals surface area contributed by atoms with Gasteiger partial charge in [0, 0.05) is 18.8 Å². The lowest BCUT2D eigenvalue weighted by molar-refractivity contribution is 0.462. The van der Waals surface area contributed by atoms with E-state index in [2.05, 4.69) is 46.1 Å². The first-order valence-corrected chi connectivity index (χ1v) is 8.01. The molecule has 0 aliphatic rings. The van der Waals surface area contributed by atoms with E-state index in [1.165, 1.54) is 4.68 Å². The quantitative estimate of drug-likeness (QED) is 0.610. The number of anilines is 1. The Labute approximate surface area is 126 Å². The molecule has 0 bridgehead atoms. The zero-order chi connectivity index (χ0) is 14.3. The largest absolute Gasteiger partial charge is 0.382 e. The Kier molecular flexibility index (Phi) is 7.03. The number of thioether (sulfide) groups is 1. The van der Waals surface area contributed by atoms with Crippen LogP contribution in [0.15, 0.2) is 15.5 Å². The predicted octanol–water partition coefficient (Wildman–Crippen LogP) is 2.44. The standard InChI is InChI=1S/C13H18BrN3OS/c1-4-6-19-7-5-15-11-8-16-17(9-10(2)3)13(18)12(11)14/h1,8,10,15H,5-7,9H2,2-3H3. The Balaban J connectivity index is 2.64. The number of terminal acetylenes is 1. The maximum atomic E-state index is 12.0. The topological polar surface area (TPSA) is 46.9 Å². The van der Waals surface area contributed by atoms with E-state index in [9.17, 15) is 4.79 Å². The highest BCUT2D eigenvalue weighted by molar-refractivity contribution is 9.10. The van der Waals surface area contributed by atoms with Gasteiger partial charge in [0.1, 0.15) is 4.47 Å². The summed E-state index contributed by atoms with van der Waals surface area (Å²) in [5.41, 5.74) is 0.626. The SMILES string of the molecule is C#CCSCCNc1cnn(CC(C)C)c(=O)c1Br. The third-order valence-corrected chi connectivity index (χ3v) is 3.90. The van der Waals surface area contributed by atoms with E-state index in [1.807, 2.05) is 0 Å². The Morgan fingerprint density at radius 2 is 2.37 bits per heavy atom. The Hall–Kier alpha value is -0.930. The molecular weight excluding hydrogens is 326 g/mol. The molecule has 0 aliphatic heterocycles. The van der Waals surface area contributed by atoms with E-state index in [4.69, 9.17) is 6.42 Å². The molecule has 1 heterocycles. The molecule has 104 valence electrons. The van der Waals surface area contributed by atoms with Gasteiger partial charge in [0.2, 0.25) is 0 Å². The molecule has 0 aromatic carbocycles. The maximum Gasteiger partial charge on any atom is 0.283 e. The van der Waals surface area contributed by atoms with Crippen LogP contribution in [0, 0.1) is 18.3 Å². The van der Waals surface area contributed by atoms with Crippen LogP contribution >= 0.6 is 27.7 Å². The van der Waals surface area contributed by atoms with Crippen molar-refractivity contribution in [2.45, 2.75) is 20.4 Å². The zero-order valence-corrected chi connectivity index (χ0v) is 13.6. The fourth-order valence-electron chi connectivity index (χ4n) is 1.45. The molecule has 0 radical (unpaired) electrons. The fourth-order valence-corrected chi connectivity index (χ4v) is 2.41. The maximum absolute atomic E-state index is 12.0. The lowest BCUT2D eigenvalue weighted by Gasteiger charge is -2.11. The summed E-state index contributed by atoms with van der Waals surface area (Å²) < 4.78 is 2.01. The molecule has 0 atom stereocenters. The Bertz CT molecular complexity index is 508. The Morgan fingerprint density at radius 3 is 3.00 bits per heavy atom.